The van der Waals surface area contributed by atoms with E-state index in [1.165, 1.54) is 6.20 Å². The average Bonchev–Trinajstić information content (AvgIpc) is 3.04. The molecule has 0 aliphatic carbocycles. The highest BCUT2D eigenvalue weighted by atomic mass is 16.5. The number of nitrogens with one attached hydrogen (secondary N) is 1. The summed E-state index contributed by atoms with van der Waals surface area (Å²) in [4.78, 5) is 21.3. The van der Waals surface area contributed by atoms with Crippen molar-refractivity contribution in [2.75, 3.05) is 12.4 Å². The Kier molecular flexibility index (Phi) is 4.19. The summed E-state index contributed by atoms with van der Waals surface area (Å²) in [6.07, 6.45) is 3.15. The van der Waals surface area contributed by atoms with Gasteiger partial charge >= 0.3 is 0 Å². The van der Waals surface area contributed by atoms with Gasteiger partial charge in [0.05, 0.1) is 23.6 Å². The van der Waals surface area contributed by atoms with Crippen LogP contribution in [-0.4, -0.2) is 32.8 Å². The van der Waals surface area contributed by atoms with Gasteiger partial charge in [0.15, 0.2) is 11.5 Å². The van der Waals surface area contributed by atoms with Crippen LogP contribution in [0.4, 0.5) is 5.82 Å². The minimum atomic E-state index is -0.260. The maximum Gasteiger partial charge on any atom is 0.258 e. The van der Waals surface area contributed by atoms with E-state index in [0.29, 0.717) is 11.4 Å². The van der Waals surface area contributed by atoms with Gasteiger partial charge in [-0.25, -0.2) is 9.67 Å². The zero-order chi connectivity index (χ0) is 19.0. The Bertz CT molecular complexity index is 1140. The molecule has 0 aliphatic rings. The molecule has 1 aromatic carbocycles. The average molecular weight is 361 g/mol. The van der Waals surface area contributed by atoms with E-state index >= 15 is 0 Å². The summed E-state index contributed by atoms with van der Waals surface area (Å²) in [5.41, 5.74) is 2.04. The molecule has 0 radical (unpaired) electrons. The van der Waals surface area contributed by atoms with Crippen molar-refractivity contribution in [2.45, 2.75) is 19.9 Å². The molecule has 1 amide bonds. The highest BCUT2D eigenvalue weighted by Crippen LogP contribution is 2.29. The number of anilines is 1. The third kappa shape index (κ3) is 3.08. The summed E-state index contributed by atoms with van der Waals surface area (Å²) < 4.78 is 7.12. The van der Waals surface area contributed by atoms with E-state index in [0.717, 1.165) is 27.7 Å². The van der Waals surface area contributed by atoms with Crippen LogP contribution in [0.15, 0.2) is 48.8 Å². The molecule has 4 rings (SSSR count). The van der Waals surface area contributed by atoms with Gasteiger partial charge in [-0.2, -0.15) is 5.10 Å². The number of methoxy groups -OCH3 is 1. The largest absolute Gasteiger partial charge is 0.497 e. The van der Waals surface area contributed by atoms with Crippen LogP contribution in [0.2, 0.25) is 0 Å². The molecule has 0 saturated carbocycles. The monoisotopic (exact) mass is 361 g/mol. The fourth-order valence-electron chi connectivity index (χ4n) is 2.96. The van der Waals surface area contributed by atoms with E-state index in [-0.39, 0.29) is 11.9 Å². The molecule has 0 unspecified atom stereocenters. The van der Waals surface area contributed by atoms with Crippen molar-refractivity contribution in [3.63, 3.8) is 0 Å². The lowest BCUT2D eigenvalue weighted by Gasteiger charge is -2.07. The Hall–Kier alpha value is -3.48. The van der Waals surface area contributed by atoms with Gasteiger partial charge in [0.1, 0.15) is 5.75 Å². The predicted molar refractivity (Wildman–Crippen MR) is 104 cm³/mol. The Morgan fingerprint density at radius 1 is 1.22 bits per heavy atom. The molecule has 4 aromatic rings. The lowest BCUT2D eigenvalue weighted by Crippen LogP contribution is -2.13. The number of hydrogen-bond acceptors (Lipinski definition) is 5. The van der Waals surface area contributed by atoms with E-state index in [4.69, 9.17) is 9.72 Å². The first-order valence-electron chi connectivity index (χ1n) is 8.65. The van der Waals surface area contributed by atoms with Crippen molar-refractivity contribution in [3.8, 4) is 5.75 Å². The third-order valence-electron chi connectivity index (χ3n) is 4.33. The highest BCUT2D eigenvalue weighted by Gasteiger charge is 2.18. The van der Waals surface area contributed by atoms with Crippen LogP contribution >= 0.6 is 0 Å². The van der Waals surface area contributed by atoms with Gasteiger partial charge in [0.25, 0.3) is 5.91 Å². The molecule has 0 spiro atoms. The van der Waals surface area contributed by atoms with Gasteiger partial charge < -0.3 is 10.1 Å². The number of pyridine rings is 2. The number of rotatable bonds is 4. The van der Waals surface area contributed by atoms with Gasteiger partial charge in [-0.3, -0.25) is 9.78 Å². The molecule has 0 atom stereocenters. The van der Waals surface area contributed by atoms with Crippen molar-refractivity contribution < 1.29 is 9.53 Å². The molecule has 136 valence electrons. The fraction of sp³-hybridized carbons (Fsp3) is 0.200. The van der Waals surface area contributed by atoms with Crippen LogP contribution in [0.1, 0.15) is 30.2 Å². The summed E-state index contributed by atoms with van der Waals surface area (Å²) >= 11 is 0. The van der Waals surface area contributed by atoms with Crippen LogP contribution < -0.4 is 10.1 Å². The second-order valence-electron chi connectivity index (χ2n) is 6.50. The zero-order valence-corrected chi connectivity index (χ0v) is 15.3. The highest BCUT2D eigenvalue weighted by molar-refractivity contribution is 6.08. The summed E-state index contributed by atoms with van der Waals surface area (Å²) in [6, 6.07) is 11.2. The van der Waals surface area contributed by atoms with E-state index < -0.39 is 0 Å². The summed E-state index contributed by atoms with van der Waals surface area (Å²) in [6.45, 7) is 4.05. The van der Waals surface area contributed by atoms with Crippen molar-refractivity contribution in [1.82, 2.24) is 19.7 Å². The molecular formula is C20H19N5O2. The normalized spacial score (nSPS) is 11.3. The number of carbonyl (C=O) groups excluding carboxylic acids is 1. The van der Waals surface area contributed by atoms with Crippen LogP contribution in [0.5, 0.6) is 5.75 Å². The summed E-state index contributed by atoms with van der Waals surface area (Å²) in [5.74, 6) is 0.967. The third-order valence-corrected chi connectivity index (χ3v) is 4.33. The second-order valence-corrected chi connectivity index (χ2v) is 6.50. The molecule has 0 saturated heterocycles. The Morgan fingerprint density at radius 2 is 2.07 bits per heavy atom. The van der Waals surface area contributed by atoms with E-state index in [1.807, 2.05) is 42.8 Å². The predicted octanol–water partition coefficient (Wildman–Crippen LogP) is 3.82. The van der Waals surface area contributed by atoms with Crippen LogP contribution in [0.25, 0.3) is 21.9 Å². The number of ether oxygens (including phenoxy) is 1. The number of benzene rings is 1. The zero-order valence-electron chi connectivity index (χ0n) is 15.3. The van der Waals surface area contributed by atoms with Gasteiger partial charge in [0.2, 0.25) is 0 Å². The molecule has 3 heterocycles. The number of hydrogen-bond donors (Lipinski definition) is 1. The molecule has 0 bridgehead atoms. The number of amides is 1. The molecule has 7 nitrogen and oxygen atoms in total. The maximum atomic E-state index is 12.6. The first-order valence-corrected chi connectivity index (χ1v) is 8.65. The van der Waals surface area contributed by atoms with Crippen molar-refractivity contribution >= 4 is 33.7 Å². The lowest BCUT2D eigenvalue weighted by molar-refractivity contribution is 0.102. The minimum absolute atomic E-state index is 0.0970. The Labute approximate surface area is 156 Å². The molecule has 27 heavy (non-hydrogen) atoms. The standard InChI is InChI=1S/C20H19N5O2/c1-12(2)25-19-16(10-14-9-15(27-3)6-7-17(14)22-19)18(24-25)23-20(26)13-5-4-8-21-11-13/h4-12H,1-3H3,(H,23,24,26). The molecule has 0 aliphatic heterocycles. The lowest BCUT2D eigenvalue weighted by atomic mass is 10.1. The number of fused-ring (bicyclic) bond motifs is 2. The quantitative estimate of drug-likeness (QED) is 0.597. The van der Waals surface area contributed by atoms with Gasteiger partial charge in [-0.1, -0.05) is 0 Å². The number of aromatic nitrogens is 4. The van der Waals surface area contributed by atoms with Crippen LogP contribution in [-0.2, 0) is 0 Å². The Morgan fingerprint density at radius 3 is 2.78 bits per heavy atom. The maximum absolute atomic E-state index is 12.6. The van der Waals surface area contributed by atoms with Gasteiger partial charge in [0, 0.05) is 23.8 Å². The second kappa shape index (κ2) is 6.68. The fourth-order valence-corrected chi connectivity index (χ4v) is 2.96. The van der Waals surface area contributed by atoms with Gasteiger partial charge in [-0.05, 0) is 50.2 Å². The number of carbonyl (C=O) groups is 1. The van der Waals surface area contributed by atoms with E-state index in [1.54, 1.807) is 25.4 Å². The first-order chi connectivity index (χ1) is 13.1. The van der Waals surface area contributed by atoms with Crippen LogP contribution in [0.3, 0.4) is 0 Å². The minimum Gasteiger partial charge on any atom is -0.497 e. The van der Waals surface area contributed by atoms with E-state index in [2.05, 4.69) is 15.4 Å². The molecule has 7 heteroatoms. The summed E-state index contributed by atoms with van der Waals surface area (Å²) in [7, 11) is 1.63. The molecular weight excluding hydrogens is 342 g/mol. The summed E-state index contributed by atoms with van der Waals surface area (Å²) in [5, 5.41) is 9.18. The van der Waals surface area contributed by atoms with Crippen molar-refractivity contribution in [1.29, 1.82) is 0 Å². The topological polar surface area (TPSA) is 81.9 Å². The van der Waals surface area contributed by atoms with Crippen molar-refractivity contribution in [3.05, 3.63) is 54.4 Å². The number of nitrogens with zero attached hydrogens (tertiary/aromatic N) is 4. The Balaban J connectivity index is 1.86. The van der Waals surface area contributed by atoms with Gasteiger partial charge in [-0.15, -0.1) is 0 Å². The van der Waals surface area contributed by atoms with Crippen LogP contribution in [0, 0.1) is 0 Å². The molecule has 1 N–H and O–H groups in total. The SMILES string of the molecule is COc1ccc2nc3c(cc2c1)c(NC(=O)c1cccnc1)nn3C(C)C. The molecule has 0 fully saturated rings. The van der Waals surface area contributed by atoms with E-state index in [9.17, 15) is 4.79 Å². The molecule has 3 aromatic heterocycles. The van der Waals surface area contributed by atoms with Crippen molar-refractivity contribution in [2.24, 2.45) is 0 Å². The smallest absolute Gasteiger partial charge is 0.258 e. The first kappa shape index (κ1) is 17.0.